The van der Waals surface area contributed by atoms with E-state index in [1.54, 1.807) is 12.1 Å². The Kier molecular flexibility index (Phi) is 5.65. The van der Waals surface area contributed by atoms with Gasteiger partial charge in [-0.3, -0.25) is 5.43 Å². The van der Waals surface area contributed by atoms with Crippen LogP contribution < -0.4 is 15.6 Å². The molecule has 0 heterocycles. The molecule has 2 aromatic carbocycles. The first-order valence-electron chi connectivity index (χ1n) is 6.91. The number of benzene rings is 2. The van der Waals surface area contributed by atoms with Crippen molar-refractivity contribution in [3.63, 3.8) is 0 Å². The lowest BCUT2D eigenvalue weighted by atomic mass is 10.2. The Morgan fingerprint density at radius 2 is 1.72 bits per heavy atom. The van der Waals surface area contributed by atoms with Crippen molar-refractivity contribution in [2.45, 2.75) is 18.0 Å². The number of hydrogen-bond donors (Lipinski definition) is 3. The molecule has 0 radical (unpaired) electrons. The van der Waals surface area contributed by atoms with E-state index in [4.69, 9.17) is 12.2 Å². The van der Waals surface area contributed by atoms with Gasteiger partial charge in [0.25, 0.3) is 10.0 Å². The summed E-state index contributed by atoms with van der Waals surface area (Å²) in [5, 5.41) is 2.28. The normalized spacial score (nSPS) is 11.8. The molecule has 134 valence electrons. The van der Waals surface area contributed by atoms with Crippen molar-refractivity contribution in [1.29, 1.82) is 0 Å². The van der Waals surface area contributed by atoms with Gasteiger partial charge in [0.2, 0.25) is 0 Å². The molecule has 0 amide bonds. The fourth-order valence-corrected chi connectivity index (χ4v) is 2.91. The maximum Gasteiger partial charge on any atom is 0.416 e. The van der Waals surface area contributed by atoms with Crippen molar-refractivity contribution in [2.75, 3.05) is 5.32 Å². The van der Waals surface area contributed by atoms with Crippen LogP contribution in [0, 0.1) is 6.92 Å². The molecule has 0 bridgehead atoms. The molecule has 10 heteroatoms. The highest BCUT2D eigenvalue weighted by atomic mass is 32.2. The summed E-state index contributed by atoms with van der Waals surface area (Å²) in [6.45, 7) is 1.82. The molecule has 0 unspecified atom stereocenters. The van der Waals surface area contributed by atoms with Gasteiger partial charge in [-0.15, -0.1) is 4.83 Å². The Morgan fingerprint density at radius 3 is 2.32 bits per heavy atom. The molecule has 3 N–H and O–H groups in total. The molecule has 0 saturated heterocycles. The predicted molar refractivity (Wildman–Crippen MR) is 92.3 cm³/mol. The van der Waals surface area contributed by atoms with Gasteiger partial charge in [-0.05, 0) is 49.5 Å². The Hall–Kier alpha value is -2.17. The van der Waals surface area contributed by atoms with E-state index in [-0.39, 0.29) is 15.7 Å². The largest absolute Gasteiger partial charge is 0.416 e. The number of sulfonamides is 1. The zero-order chi connectivity index (χ0) is 18.7. The first kappa shape index (κ1) is 19.2. The minimum atomic E-state index is -4.49. The van der Waals surface area contributed by atoms with E-state index in [9.17, 15) is 21.6 Å². The van der Waals surface area contributed by atoms with Gasteiger partial charge in [-0.25, -0.2) is 8.42 Å². The lowest BCUT2D eigenvalue weighted by Gasteiger charge is -2.13. The molecule has 5 nitrogen and oxygen atoms in total. The van der Waals surface area contributed by atoms with Crippen LogP contribution in [-0.2, 0) is 16.2 Å². The lowest BCUT2D eigenvalue weighted by molar-refractivity contribution is -0.137. The van der Waals surface area contributed by atoms with Crippen molar-refractivity contribution in [2.24, 2.45) is 0 Å². The monoisotopic (exact) mass is 389 g/mol. The van der Waals surface area contributed by atoms with Crippen LogP contribution in [0.1, 0.15) is 11.1 Å². The summed E-state index contributed by atoms with van der Waals surface area (Å²) in [5.41, 5.74) is 2.37. The van der Waals surface area contributed by atoms with Crippen LogP contribution in [0.4, 0.5) is 18.9 Å². The van der Waals surface area contributed by atoms with Gasteiger partial charge in [0.05, 0.1) is 10.5 Å². The zero-order valence-electron chi connectivity index (χ0n) is 12.9. The summed E-state index contributed by atoms with van der Waals surface area (Å²) in [5.74, 6) is 0. The van der Waals surface area contributed by atoms with Crippen LogP contribution in [0.5, 0.6) is 0 Å². The van der Waals surface area contributed by atoms with Crippen LogP contribution in [0.25, 0.3) is 0 Å². The summed E-state index contributed by atoms with van der Waals surface area (Å²) in [4.78, 5) is 2.08. The molecule has 2 rings (SSSR count). The van der Waals surface area contributed by atoms with Crippen molar-refractivity contribution in [3.05, 3.63) is 59.7 Å². The van der Waals surface area contributed by atoms with Gasteiger partial charge >= 0.3 is 6.18 Å². The van der Waals surface area contributed by atoms with Gasteiger partial charge in [0.15, 0.2) is 5.11 Å². The molecule has 2 aromatic rings. The number of alkyl halides is 3. The van der Waals surface area contributed by atoms with Crippen LogP contribution in [0.3, 0.4) is 0 Å². The van der Waals surface area contributed by atoms with E-state index in [2.05, 4.69) is 15.6 Å². The number of nitrogens with one attached hydrogen (secondary N) is 3. The quantitative estimate of drug-likeness (QED) is 0.553. The Bertz CT molecular complexity index is 866. The highest BCUT2D eigenvalue weighted by Crippen LogP contribution is 2.30. The van der Waals surface area contributed by atoms with Gasteiger partial charge in [-0.1, -0.05) is 23.8 Å². The number of hydrogen-bond acceptors (Lipinski definition) is 3. The van der Waals surface area contributed by atoms with Crippen molar-refractivity contribution in [1.82, 2.24) is 10.3 Å². The second kappa shape index (κ2) is 7.38. The number of halogens is 3. The molecule has 0 fully saturated rings. The third-order valence-electron chi connectivity index (χ3n) is 3.08. The second-order valence-corrected chi connectivity index (χ2v) is 7.17. The van der Waals surface area contributed by atoms with Crippen molar-refractivity contribution >= 4 is 33.0 Å². The summed E-state index contributed by atoms with van der Waals surface area (Å²) in [7, 11) is -3.86. The summed E-state index contributed by atoms with van der Waals surface area (Å²) >= 11 is 4.88. The number of hydrazine groups is 1. The average Bonchev–Trinajstić information content (AvgIpc) is 2.53. The lowest BCUT2D eigenvalue weighted by Crippen LogP contribution is -2.43. The topological polar surface area (TPSA) is 70.2 Å². The summed E-state index contributed by atoms with van der Waals surface area (Å²) < 4.78 is 62.1. The maximum absolute atomic E-state index is 12.7. The second-order valence-electron chi connectivity index (χ2n) is 5.08. The van der Waals surface area contributed by atoms with E-state index in [0.29, 0.717) is 0 Å². The SMILES string of the molecule is Cc1ccc(S(=O)(=O)NNC(=S)Nc2cccc(C(F)(F)F)c2)cc1. The number of anilines is 1. The Labute approximate surface area is 148 Å². The highest BCUT2D eigenvalue weighted by Gasteiger charge is 2.30. The average molecular weight is 389 g/mol. The van der Waals surface area contributed by atoms with E-state index in [1.807, 2.05) is 6.92 Å². The molecule has 0 aliphatic rings. The Morgan fingerprint density at radius 1 is 1.08 bits per heavy atom. The van der Waals surface area contributed by atoms with Crippen LogP contribution >= 0.6 is 12.2 Å². The minimum absolute atomic E-state index is 0.0208. The van der Waals surface area contributed by atoms with Gasteiger partial charge in [-0.2, -0.15) is 13.2 Å². The number of rotatable bonds is 4. The van der Waals surface area contributed by atoms with Crippen LogP contribution in [0.15, 0.2) is 53.4 Å². The summed E-state index contributed by atoms with van der Waals surface area (Å²) in [6, 6.07) is 10.5. The van der Waals surface area contributed by atoms with Crippen LogP contribution in [0.2, 0.25) is 0 Å². The molecule has 0 spiro atoms. The fraction of sp³-hybridized carbons (Fsp3) is 0.133. The molecule has 25 heavy (non-hydrogen) atoms. The predicted octanol–water partition coefficient (Wildman–Crippen LogP) is 3.19. The van der Waals surface area contributed by atoms with Crippen molar-refractivity contribution in [3.8, 4) is 0 Å². The molecule has 0 atom stereocenters. The molecule has 0 saturated carbocycles. The smallest absolute Gasteiger partial charge is 0.332 e. The molecule has 0 aliphatic carbocycles. The first-order chi connectivity index (χ1) is 11.6. The minimum Gasteiger partial charge on any atom is -0.332 e. The fourth-order valence-electron chi connectivity index (χ4n) is 1.83. The molecular weight excluding hydrogens is 375 g/mol. The van der Waals surface area contributed by atoms with Gasteiger partial charge < -0.3 is 5.32 Å². The van der Waals surface area contributed by atoms with Gasteiger partial charge in [0.1, 0.15) is 0 Å². The molecule has 0 aliphatic heterocycles. The van der Waals surface area contributed by atoms with Gasteiger partial charge in [0, 0.05) is 5.69 Å². The third kappa shape index (κ3) is 5.41. The standard InChI is InChI=1S/C15H14F3N3O2S2/c1-10-5-7-13(8-6-10)25(22,23)21-20-14(24)19-12-4-2-3-11(9-12)15(16,17)18/h2-9,21H,1H3,(H2,19,20,24). The number of aryl methyl sites for hydroxylation is 1. The van der Waals surface area contributed by atoms with E-state index < -0.39 is 21.8 Å². The first-order valence-corrected chi connectivity index (χ1v) is 8.80. The third-order valence-corrected chi connectivity index (χ3v) is 4.55. The zero-order valence-corrected chi connectivity index (χ0v) is 14.5. The van der Waals surface area contributed by atoms with Crippen LogP contribution in [-0.4, -0.2) is 13.5 Å². The van der Waals surface area contributed by atoms with E-state index in [0.717, 1.165) is 17.7 Å². The Balaban J connectivity index is 2.00. The summed E-state index contributed by atoms with van der Waals surface area (Å²) in [6.07, 6.45) is -4.49. The maximum atomic E-state index is 12.7. The molecular formula is C15H14F3N3O2S2. The number of thiocarbonyl (C=S) groups is 1. The van der Waals surface area contributed by atoms with E-state index in [1.165, 1.54) is 24.3 Å². The van der Waals surface area contributed by atoms with Crippen molar-refractivity contribution < 1.29 is 21.6 Å². The highest BCUT2D eigenvalue weighted by molar-refractivity contribution is 7.89. The van der Waals surface area contributed by atoms with E-state index >= 15 is 0 Å². The molecule has 0 aromatic heterocycles.